The summed E-state index contributed by atoms with van der Waals surface area (Å²) in [5.41, 5.74) is 1.27. The number of piperidine rings is 1. The van der Waals surface area contributed by atoms with Crippen molar-refractivity contribution in [2.24, 2.45) is 17.8 Å². The molecular weight excluding hydrogens is 378 g/mol. The molecule has 1 aromatic rings. The molecule has 1 atom stereocenters. The second kappa shape index (κ2) is 10.1. The number of benzene rings is 1. The summed E-state index contributed by atoms with van der Waals surface area (Å²) in [6.45, 7) is 7.10. The Morgan fingerprint density at radius 1 is 1.00 bits per heavy atom. The van der Waals surface area contributed by atoms with Gasteiger partial charge >= 0.3 is 0 Å². The van der Waals surface area contributed by atoms with E-state index >= 15 is 0 Å². The zero-order valence-corrected chi connectivity index (χ0v) is 18.4. The van der Waals surface area contributed by atoms with E-state index in [1.54, 1.807) is 29.2 Å². The Morgan fingerprint density at radius 2 is 1.67 bits per heavy atom. The smallest absolute Gasteiger partial charge is 0.253 e. The van der Waals surface area contributed by atoms with E-state index in [0.717, 1.165) is 31.6 Å². The SMILES string of the molecule is CC1CCC(NC(=O)C2CCCN(C(=O)c3ccc(NC(=O)C(C)C)cc3)C2)CC1. The molecule has 1 aliphatic heterocycles. The zero-order valence-electron chi connectivity index (χ0n) is 18.4. The van der Waals surface area contributed by atoms with Gasteiger partial charge in [0.1, 0.15) is 0 Å². The molecule has 1 heterocycles. The van der Waals surface area contributed by atoms with E-state index in [2.05, 4.69) is 17.6 Å². The number of amides is 3. The molecule has 2 aliphatic rings. The van der Waals surface area contributed by atoms with Crippen molar-refractivity contribution in [3.05, 3.63) is 29.8 Å². The van der Waals surface area contributed by atoms with E-state index in [-0.39, 0.29) is 35.6 Å². The predicted molar refractivity (Wildman–Crippen MR) is 118 cm³/mol. The highest BCUT2D eigenvalue weighted by Crippen LogP contribution is 2.25. The highest BCUT2D eigenvalue weighted by molar-refractivity contribution is 5.96. The average molecular weight is 414 g/mol. The first-order valence-electron chi connectivity index (χ1n) is 11.3. The largest absolute Gasteiger partial charge is 0.353 e. The van der Waals surface area contributed by atoms with Crippen molar-refractivity contribution in [2.75, 3.05) is 18.4 Å². The minimum atomic E-state index is -0.133. The van der Waals surface area contributed by atoms with E-state index in [1.807, 2.05) is 13.8 Å². The summed E-state index contributed by atoms with van der Waals surface area (Å²) in [4.78, 5) is 39.3. The predicted octanol–water partition coefficient (Wildman–Crippen LogP) is 3.83. The number of hydrogen-bond donors (Lipinski definition) is 2. The third kappa shape index (κ3) is 5.83. The Morgan fingerprint density at radius 3 is 2.30 bits per heavy atom. The molecule has 1 saturated heterocycles. The highest BCUT2D eigenvalue weighted by atomic mass is 16.2. The maximum absolute atomic E-state index is 12.9. The maximum Gasteiger partial charge on any atom is 0.253 e. The minimum Gasteiger partial charge on any atom is -0.353 e. The summed E-state index contributed by atoms with van der Waals surface area (Å²) < 4.78 is 0. The molecule has 6 heteroatoms. The second-order valence-electron chi connectivity index (χ2n) is 9.28. The summed E-state index contributed by atoms with van der Waals surface area (Å²) in [7, 11) is 0. The van der Waals surface area contributed by atoms with Crippen LogP contribution in [0.4, 0.5) is 5.69 Å². The van der Waals surface area contributed by atoms with Gasteiger partial charge in [-0.25, -0.2) is 0 Å². The number of anilines is 1. The molecule has 1 saturated carbocycles. The molecule has 30 heavy (non-hydrogen) atoms. The Kier molecular flexibility index (Phi) is 7.51. The van der Waals surface area contributed by atoms with Gasteiger partial charge in [0.25, 0.3) is 5.91 Å². The summed E-state index contributed by atoms with van der Waals surface area (Å²) in [6, 6.07) is 7.28. The number of nitrogens with one attached hydrogen (secondary N) is 2. The monoisotopic (exact) mass is 413 g/mol. The summed E-state index contributed by atoms with van der Waals surface area (Å²) in [5, 5.41) is 6.06. The van der Waals surface area contributed by atoms with Crippen LogP contribution in [0, 0.1) is 17.8 Å². The van der Waals surface area contributed by atoms with Crippen molar-refractivity contribution < 1.29 is 14.4 Å². The quantitative estimate of drug-likeness (QED) is 0.770. The molecule has 0 radical (unpaired) electrons. The van der Waals surface area contributed by atoms with Crippen LogP contribution in [0.5, 0.6) is 0 Å². The van der Waals surface area contributed by atoms with Crippen LogP contribution in [0.15, 0.2) is 24.3 Å². The van der Waals surface area contributed by atoms with Gasteiger partial charge in [-0.05, 0) is 68.7 Å². The third-order valence-electron chi connectivity index (χ3n) is 6.37. The molecule has 0 spiro atoms. The lowest BCUT2D eigenvalue weighted by Crippen LogP contribution is -2.48. The van der Waals surface area contributed by atoms with Gasteiger partial charge in [-0.1, -0.05) is 20.8 Å². The Hall–Kier alpha value is -2.37. The van der Waals surface area contributed by atoms with Crippen molar-refractivity contribution in [3.63, 3.8) is 0 Å². The molecular formula is C24H35N3O3. The highest BCUT2D eigenvalue weighted by Gasteiger charge is 2.30. The van der Waals surface area contributed by atoms with Crippen LogP contribution in [0.1, 0.15) is 69.7 Å². The van der Waals surface area contributed by atoms with Gasteiger partial charge in [0.05, 0.1) is 5.92 Å². The van der Waals surface area contributed by atoms with Crippen LogP contribution in [-0.4, -0.2) is 41.8 Å². The third-order valence-corrected chi connectivity index (χ3v) is 6.37. The van der Waals surface area contributed by atoms with Crippen molar-refractivity contribution in [1.82, 2.24) is 10.2 Å². The first-order chi connectivity index (χ1) is 14.3. The number of likely N-dealkylation sites (tertiary alicyclic amines) is 1. The second-order valence-corrected chi connectivity index (χ2v) is 9.28. The van der Waals surface area contributed by atoms with Crippen LogP contribution in [-0.2, 0) is 9.59 Å². The Labute approximate surface area is 179 Å². The normalized spacial score (nSPS) is 24.4. The number of carbonyl (C=O) groups excluding carboxylic acids is 3. The first-order valence-corrected chi connectivity index (χ1v) is 11.3. The first kappa shape index (κ1) is 22.3. The maximum atomic E-state index is 12.9. The number of rotatable bonds is 5. The Balaban J connectivity index is 1.54. The molecule has 1 aromatic carbocycles. The van der Waals surface area contributed by atoms with E-state index in [0.29, 0.717) is 24.3 Å². The summed E-state index contributed by atoms with van der Waals surface area (Å²) in [5.74, 6) is 0.517. The number of nitrogens with zero attached hydrogens (tertiary/aromatic N) is 1. The van der Waals surface area contributed by atoms with E-state index in [1.165, 1.54) is 12.8 Å². The molecule has 3 rings (SSSR count). The lowest BCUT2D eigenvalue weighted by atomic mass is 9.87. The van der Waals surface area contributed by atoms with Crippen LogP contribution < -0.4 is 10.6 Å². The molecule has 1 aliphatic carbocycles. The topological polar surface area (TPSA) is 78.5 Å². The van der Waals surface area contributed by atoms with Crippen molar-refractivity contribution in [2.45, 2.75) is 65.3 Å². The van der Waals surface area contributed by atoms with Crippen molar-refractivity contribution >= 4 is 23.4 Å². The van der Waals surface area contributed by atoms with Crippen LogP contribution in [0.25, 0.3) is 0 Å². The minimum absolute atomic E-state index is 0.0496. The molecule has 164 valence electrons. The molecule has 2 fully saturated rings. The molecule has 1 unspecified atom stereocenters. The fourth-order valence-corrected chi connectivity index (χ4v) is 4.26. The fourth-order valence-electron chi connectivity index (χ4n) is 4.26. The van der Waals surface area contributed by atoms with Gasteiger partial charge < -0.3 is 15.5 Å². The molecule has 6 nitrogen and oxygen atoms in total. The van der Waals surface area contributed by atoms with Crippen molar-refractivity contribution in [3.8, 4) is 0 Å². The van der Waals surface area contributed by atoms with Gasteiger partial charge in [0.15, 0.2) is 0 Å². The van der Waals surface area contributed by atoms with Crippen LogP contribution in [0.2, 0.25) is 0 Å². The van der Waals surface area contributed by atoms with Crippen LogP contribution >= 0.6 is 0 Å². The standard InChI is InChI=1S/C24H35N3O3/c1-16(2)22(28)25-21-12-8-18(9-13-21)24(30)27-14-4-5-19(15-27)23(29)26-20-10-6-17(3)7-11-20/h8-9,12-13,16-17,19-20H,4-7,10-11,14-15H2,1-3H3,(H,25,28)(H,26,29). The number of carbonyl (C=O) groups is 3. The van der Waals surface area contributed by atoms with Gasteiger partial charge in [0, 0.05) is 36.3 Å². The van der Waals surface area contributed by atoms with E-state index < -0.39 is 0 Å². The van der Waals surface area contributed by atoms with Gasteiger partial charge in [-0.15, -0.1) is 0 Å². The lowest BCUT2D eigenvalue weighted by molar-refractivity contribution is -0.127. The fraction of sp³-hybridized carbons (Fsp3) is 0.625. The molecule has 0 aromatic heterocycles. The zero-order chi connectivity index (χ0) is 21.7. The molecule has 3 amide bonds. The van der Waals surface area contributed by atoms with E-state index in [4.69, 9.17) is 0 Å². The summed E-state index contributed by atoms with van der Waals surface area (Å²) >= 11 is 0. The van der Waals surface area contributed by atoms with E-state index in [9.17, 15) is 14.4 Å². The van der Waals surface area contributed by atoms with Crippen molar-refractivity contribution in [1.29, 1.82) is 0 Å². The van der Waals surface area contributed by atoms with Gasteiger partial charge in [0.2, 0.25) is 11.8 Å². The average Bonchev–Trinajstić information content (AvgIpc) is 2.75. The molecule has 2 N–H and O–H groups in total. The molecule has 0 bridgehead atoms. The lowest BCUT2D eigenvalue weighted by Gasteiger charge is -2.34. The summed E-state index contributed by atoms with van der Waals surface area (Å²) in [6.07, 6.45) is 6.14. The number of hydrogen-bond acceptors (Lipinski definition) is 3. The van der Waals surface area contributed by atoms with Gasteiger partial charge in [-0.3, -0.25) is 14.4 Å². The van der Waals surface area contributed by atoms with Gasteiger partial charge in [-0.2, -0.15) is 0 Å². The Bertz CT molecular complexity index is 751. The van der Waals surface area contributed by atoms with Crippen LogP contribution in [0.3, 0.4) is 0 Å².